The molecule has 2 N–H and O–H groups in total. The average molecular weight is 512 g/mol. The lowest BCUT2D eigenvalue weighted by Gasteiger charge is -2.20. The molecule has 0 bridgehead atoms. The number of benzene rings is 2. The van der Waals surface area contributed by atoms with Crippen LogP contribution in [-0.4, -0.2) is 32.4 Å². The highest BCUT2D eigenvalue weighted by molar-refractivity contribution is 6.35. The van der Waals surface area contributed by atoms with Crippen LogP contribution in [0.2, 0.25) is 5.02 Å². The Hall–Kier alpha value is -3.84. The number of alkyl halides is 2. The van der Waals surface area contributed by atoms with Gasteiger partial charge in [0.2, 0.25) is 0 Å². The Labute approximate surface area is 209 Å². The first-order valence-electron chi connectivity index (χ1n) is 11.3. The lowest BCUT2D eigenvalue weighted by molar-refractivity contribution is 0.0368. The van der Waals surface area contributed by atoms with E-state index in [1.165, 1.54) is 18.3 Å². The number of hydrogen-bond donors (Lipinski definition) is 2. The van der Waals surface area contributed by atoms with Gasteiger partial charge in [0.05, 0.1) is 46.6 Å². The summed E-state index contributed by atoms with van der Waals surface area (Å²) in [4.78, 5) is 4.26. The molecule has 1 fully saturated rings. The van der Waals surface area contributed by atoms with Crippen LogP contribution in [-0.2, 0) is 0 Å². The second kappa shape index (κ2) is 9.32. The molecular formula is C25H21ClF3N7. The van der Waals surface area contributed by atoms with Gasteiger partial charge in [0.1, 0.15) is 17.6 Å². The van der Waals surface area contributed by atoms with Crippen molar-refractivity contribution in [1.82, 2.24) is 20.0 Å². The third-order valence-electron chi connectivity index (χ3n) is 5.88. The maximum Gasteiger partial charge on any atom is 0.262 e. The second-order valence-corrected chi connectivity index (χ2v) is 9.33. The van der Waals surface area contributed by atoms with Crippen LogP contribution < -0.4 is 10.6 Å². The van der Waals surface area contributed by atoms with Gasteiger partial charge in [0.15, 0.2) is 0 Å². The smallest absolute Gasteiger partial charge is 0.262 e. The molecule has 2 aromatic carbocycles. The van der Waals surface area contributed by atoms with E-state index in [9.17, 15) is 18.4 Å². The van der Waals surface area contributed by atoms with Gasteiger partial charge in [0.25, 0.3) is 5.92 Å². The monoisotopic (exact) mass is 511 g/mol. The largest absolute Gasteiger partial charge is 0.377 e. The molecular weight excluding hydrogens is 491 g/mol. The van der Waals surface area contributed by atoms with E-state index in [4.69, 9.17) is 11.6 Å². The fourth-order valence-corrected chi connectivity index (χ4v) is 4.22. The van der Waals surface area contributed by atoms with E-state index >= 15 is 0 Å². The number of anilines is 2. The van der Waals surface area contributed by atoms with Gasteiger partial charge in [-0.1, -0.05) is 28.9 Å². The highest BCUT2D eigenvalue weighted by Gasteiger charge is 2.27. The fraction of sp³-hybridized carbons (Fsp3) is 0.280. The van der Waals surface area contributed by atoms with Crippen molar-refractivity contribution in [2.24, 2.45) is 0 Å². The number of pyridine rings is 1. The zero-order chi connectivity index (χ0) is 25.4. The number of nitriles is 1. The quantitative estimate of drug-likeness (QED) is 0.297. The zero-order valence-electron chi connectivity index (χ0n) is 19.1. The third kappa shape index (κ3) is 5.06. The van der Waals surface area contributed by atoms with Gasteiger partial charge in [-0.2, -0.15) is 5.26 Å². The molecule has 0 radical (unpaired) electrons. The van der Waals surface area contributed by atoms with Crippen LogP contribution in [0.3, 0.4) is 0 Å². The molecule has 1 atom stereocenters. The van der Waals surface area contributed by atoms with Crippen molar-refractivity contribution in [2.75, 3.05) is 17.2 Å². The van der Waals surface area contributed by atoms with Crippen LogP contribution in [0.15, 0.2) is 48.8 Å². The van der Waals surface area contributed by atoms with E-state index < -0.39 is 18.5 Å². The minimum absolute atomic E-state index is 0.113. The van der Waals surface area contributed by atoms with Crippen LogP contribution in [0.4, 0.5) is 24.5 Å². The van der Waals surface area contributed by atoms with Crippen molar-refractivity contribution in [3.63, 3.8) is 0 Å². The highest BCUT2D eigenvalue weighted by Crippen LogP contribution is 2.37. The Morgan fingerprint density at radius 1 is 1.25 bits per heavy atom. The van der Waals surface area contributed by atoms with Crippen LogP contribution in [0.25, 0.3) is 10.9 Å². The molecule has 0 spiro atoms. The molecule has 2 heterocycles. The normalized spacial score (nSPS) is 14.4. The lowest BCUT2D eigenvalue weighted by atomic mass is 10.0. The van der Waals surface area contributed by atoms with Crippen molar-refractivity contribution in [2.45, 2.75) is 37.8 Å². The topological polar surface area (TPSA) is 91.5 Å². The summed E-state index contributed by atoms with van der Waals surface area (Å²) in [6, 6.07) is 11.2. The van der Waals surface area contributed by atoms with Gasteiger partial charge in [-0.05, 0) is 42.7 Å². The molecule has 0 saturated heterocycles. The summed E-state index contributed by atoms with van der Waals surface area (Å²) in [7, 11) is 0. The maximum absolute atomic E-state index is 13.6. The van der Waals surface area contributed by atoms with E-state index in [0.29, 0.717) is 28.3 Å². The Bertz CT molecular complexity index is 1450. The summed E-state index contributed by atoms with van der Waals surface area (Å²) >= 11 is 6.53. The van der Waals surface area contributed by atoms with Crippen molar-refractivity contribution >= 4 is 33.9 Å². The summed E-state index contributed by atoms with van der Waals surface area (Å²) in [5, 5.41) is 24.8. The van der Waals surface area contributed by atoms with Gasteiger partial charge in [-0.3, -0.25) is 4.98 Å². The Kier molecular flexibility index (Phi) is 6.18. The molecule has 2 aromatic heterocycles. The first-order valence-corrected chi connectivity index (χ1v) is 11.7. The Morgan fingerprint density at radius 2 is 2.00 bits per heavy atom. The van der Waals surface area contributed by atoms with Crippen LogP contribution >= 0.6 is 11.6 Å². The van der Waals surface area contributed by atoms with E-state index in [1.807, 2.05) is 16.9 Å². The van der Waals surface area contributed by atoms with Crippen molar-refractivity contribution in [3.8, 4) is 6.07 Å². The molecule has 0 amide bonds. The third-order valence-corrected chi connectivity index (χ3v) is 6.17. The molecule has 0 unspecified atom stereocenters. The van der Waals surface area contributed by atoms with Gasteiger partial charge in [0, 0.05) is 24.2 Å². The van der Waals surface area contributed by atoms with Crippen LogP contribution in [0.1, 0.15) is 48.7 Å². The summed E-state index contributed by atoms with van der Waals surface area (Å²) in [5.41, 5.74) is 2.59. The molecule has 1 saturated carbocycles. The first kappa shape index (κ1) is 23.9. The number of fused-ring (bicyclic) bond motifs is 1. The fourth-order valence-electron chi connectivity index (χ4n) is 3.95. The highest BCUT2D eigenvalue weighted by atomic mass is 35.5. The molecule has 5 rings (SSSR count). The summed E-state index contributed by atoms with van der Waals surface area (Å²) in [6.45, 7) is 0.121. The molecule has 11 heteroatoms. The number of aromatic nitrogens is 4. The minimum Gasteiger partial charge on any atom is -0.377 e. The molecule has 36 heavy (non-hydrogen) atoms. The number of nitrogens with one attached hydrogen (secondary N) is 2. The molecule has 0 aliphatic heterocycles. The lowest BCUT2D eigenvalue weighted by Crippen LogP contribution is -2.23. The molecule has 184 valence electrons. The number of rotatable bonds is 8. The van der Waals surface area contributed by atoms with Crippen molar-refractivity contribution in [3.05, 3.63) is 76.5 Å². The molecule has 7 nitrogen and oxygen atoms in total. The van der Waals surface area contributed by atoms with Crippen molar-refractivity contribution in [1.29, 1.82) is 5.26 Å². The van der Waals surface area contributed by atoms with Gasteiger partial charge < -0.3 is 10.6 Å². The molecule has 1 aliphatic rings. The number of nitrogens with zero attached hydrogens (tertiary/aromatic N) is 5. The SMILES string of the molecule is CC(F)(F)CNc1c(C#N)cnc2c(Cl)cc(N[C@@H](c3ccc(F)cc3)c3cn(C4CC4)nn3)cc12. The second-order valence-electron chi connectivity index (χ2n) is 8.92. The number of hydrogen-bond acceptors (Lipinski definition) is 6. The van der Waals surface area contributed by atoms with Gasteiger partial charge >= 0.3 is 0 Å². The maximum atomic E-state index is 13.6. The van der Waals surface area contributed by atoms with E-state index in [0.717, 1.165) is 25.3 Å². The summed E-state index contributed by atoms with van der Waals surface area (Å²) in [5.74, 6) is -3.37. The average Bonchev–Trinajstić information content (AvgIpc) is 3.58. The number of halogens is 4. The zero-order valence-corrected chi connectivity index (χ0v) is 19.9. The van der Waals surface area contributed by atoms with Crippen LogP contribution in [0.5, 0.6) is 0 Å². The Morgan fingerprint density at radius 3 is 2.67 bits per heavy atom. The molecule has 1 aliphatic carbocycles. The predicted molar refractivity (Wildman–Crippen MR) is 131 cm³/mol. The summed E-state index contributed by atoms with van der Waals surface area (Å²) < 4.78 is 42.7. The van der Waals surface area contributed by atoms with E-state index in [1.54, 1.807) is 24.3 Å². The van der Waals surface area contributed by atoms with Gasteiger partial charge in [-0.15, -0.1) is 5.10 Å². The Balaban J connectivity index is 1.57. The van der Waals surface area contributed by atoms with Crippen molar-refractivity contribution < 1.29 is 13.2 Å². The molecule has 4 aromatic rings. The van der Waals surface area contributed by atoms with E-state index in [-0.39, 0.29) is 22.1 Å². The van der Waals surface area contributed by atoms with Gasteiger partial charge in [-0.25, -0.2) is 17.9 Å². The minimum atomic E-state index is -3.00. The first-order chi connectivity index (χ1) is 17.2. The van der Waals surface area contributed by atoms with E-state index in [2.05, 4.69) is 25.9 Å². The van der Waals surface area contributed by atoms with Crippen LogP contribution in [0, 0.1) is 17.1 Å². The summed E-state index contributed by atoms with van der Waals surface area (Å²) in [6.07, 6.45) is 5.24. The standard InChI is InChI=1S/C25H21ClF3N7/c1-25(28,29)13-32-22-15(10-30)11-31-24-19(22)8-17(9-20(24)26)33-23(14-2-4-16(27)5-3-14)21-12-36(35-34-21)18-6-7-18/h2-5,8-9,11-12,18,23,33H,6-7,13H2,1H3,(H,31,32)/t23-/m0/s1. The predicted octanol–water partition coefficient (Wildman–Crippen LogP) is 6.09.